The molecule has 6 nitrogen and oxygen atoms in total. The Balaban J connectivity index is 1.64. The maximum atomic E-state index is 14.1. The SMILES string of the molecule is CN(C)c1ccc(CCCNC(=O)C(Cc2ccccc2)NS(=O)(=O)c2ccccc2F)cc1. The number of benzene rings is 3. The van der Waals surface area contributed by atoms with Gasteiger partial charge in [-0.25, -0.2) is 12.8 Å². The van der Waals surface area contributed by atoms with E-state index in [2.05, 4.69) is 22.2 Å². The van der Waals surface area contributed by atoms with Crippen LogP contribution in [-0.4, -0.2) is 41.0 Å². The molecule has 0 radical (unpaired) electrons. The van der Waals surface area contributed by atoms with Crippen molar-refractivity contribution in [3.05, 3.63) is 95.8 Å². The number of aryl methyl sites for hydroxylation is 1. The number of amides is 1. The molecule has 0 bridgehead atoms. The first-order valence-corrected chi connectivity index (χ1v) is 12.6. The lowest BCUT2D eigenvalue weighted by molar-refractivity contribution is -0.122. The Hall–Kier alpha value is -3.23. The molecule has 0 aromatic heterocycles. The molecular formula is C26H30FN3O3S. The Morgan fingerprint density at radius 3 is 2.21 bits per heavy atom. The molecule has 8 heteroatoms. The number of anilines is 1. The fraction of sp³-hybridized carbons (Fsp3) is 0.269. The van der Waals surface area contributed by atoms with E-state index in [1.165, 1.54) is 18.2 Å². The van der Waals surface area contributed by atoms with E-state index in [0.717, 1.165) is 29.3 Å². The van der Waals surface area contributed by atoms with Gasteiger partial charge in [0.1, 0.15) is 16.8 Å². The van der Waals surface area contributed by atoms with E-state index in [1.807, 2.05) is 61.5 Å². The van der Waals surface area contributed by atoms with Crippen LogP contribution in [0.15, 0.2) is 83.8 Å². The summed E-state index contributed by atoms with van der Waals surface area (Å²) in [5, 5.41) is 2.82. The summed E-state index contributed by atoms with van der Waals surface area (Å²) in [5.74, 6) is -1.32. The van der Waals surface area contributed by atoms with E-state index in [1.54, 1.807) is 0 Å². The van der Waals surface area contributed by atoms with E-state index in [9.17, 15) is 17.6 Å². The highest BCUT2D eigenvalue weighted by molar-refractivity contribution is 7.89. The number of hydrogen-bond acceptors (Lipinski definition) is 4. The van der Waals surface area contributed by atoms with Crippen molar-refractivity contribution in [2.24, 2.45) is 0 Å². The summed E-state index contributed by atoms with van der Waals surface area (Å²) < 4.78 is 42.1. The third-order valence-electron chi connectivity index (χ3n) is 5.42. The molecule has 0 fully saturated rings. The lowest BCUT2D eigenvalue weighted by Gasteiger charge is -2.19. The van der Waals surface area contributed by atoms with Crippen molar-refractivity contribution in [1.82, 2.24) is 10.0 Å². The summed E-state index contributed by atoms with van der Waals surface area (Å²) >= 11 is 0. The largest absolute Gasteiger partial charge is 0.378 e. The average Bonchev–Trinajstić information content (AvgIpc) is 2.82. The minimum atomic E-state index is -4.23. The van der Waals surface area contributed by atoms with Gasteiger partial charge in [-0.2, -0.15) is 4.72 Å². The van der Waals surface area contributed by atoms with Crippen molar-refractivity contribution >= 4 is 21.6 Å². The molecule has 0 aliphatic rings. The third kappa shape index (κ3) is 7.13. The van der Waals surface area contributed by atoms with Gasteiger partial charge >= 0.3 is 0 Å². The van der Waals surface area contributed by atoms with E-state index < -0.39 is 32.7 Å². The Morgan fingerprint density at radius 1 is 0.912 bits per heavy atom. The molecule has 0 aliphatic heterocycles. The van der Waals surface area contributed by atoms with Crippen molar-refractivity contribution in [2.45, 2.75) is 30.2 Å². The normalized spacial score (nSPS) is 12.2. The van der Waals surface area contributed by atoms with Gasteiger partial charge in [-0.05, 0) is 54.7 Å². The summed E-state index contributed by atoms with van der Waals surface area (Å²) in [6.45, 7) is 0.390. The number of rotatable bonds is 11. The zero-order valence-electron chi connectivity index (χ0n) is 19.4. The number of nitrogens with one attached hydrogen (secondary N) is 2. The lowest BCUT2D eigenvalue weighted by Crippen LogP contribution is -2.48. The minimum absolute atomic E-state index is 0.145. The van der Waals surface area contributed by atoms with Crippen LogP contribution in [0.25, 0.3) is 0 Å². The first kappa shape index (κ1) is 25.4. The molecule has 0 saturated heterocycles. The highest BCUT2D eigenvalue weighted by Crippen LogP contribution is 2.16. The van der Waals surface area contributed by atoms with E-state index >= 15 is 0 Å². The Morgan fingerprint density at radius 2 is 1.56 bits per heavy atom. The van der Waals surface area contributed by atoms with Crippen molar-refractivity contribution in [1.29, 1.82) is 0 Å². The molecule has 0 heterocycles. The van der Waals surface area contributed by atoms with Gasteiger partial charge in [0.15, 0.2) is 0 Å². The van der Waals surface area contributed by atoms with Gasteiger partial charge in [0.05, 0.1) is 0 Å². The van der Waals surface area contributed by atoms with E-state index in [-0.39, 0.29) is 6.42 Å². The van der Waals surface area contributed by atoms with Crippen LogP contribution >= 0.6 is 0 Å². The predicted octanol–water partition coefficient (Wildman–Crippen LogP) is 3.53. The molecule has 3 aromatic carbocycles. The molecule has 34 heavy (non-hydrogen) atoms. The van der Waals surface area contributed by atoms with Crippen LogP contribution in [0.1, 0.15) is 17.5 Å². The highest BCUT2D eigenvalue weighted by Gasteiger charge is 2.27. The van der Waals surface area contributed by atoms with Crippen LogP contribution in [0.3, 0.4) is 0 Å². The third-order valence-corrected chi connectivity index (χ3v) is 6.92. The standard InChI is InChI=1S/C26H30FN3O3S/c1-30(2)22-16-14-20(15-17-22)11-8-18-28-26(31)24(19-21-9-4-3-5-10-21)29-34(32,33)25-13-7-6-12-23(25)27/h3-7,9-10,12-17,24,29H,8,11,18-19H2,1-2H3,(H,28,31). The molecular weight excluding hydrogens is 453 g/mol. The molecule has 1 amide bonds. The molecule has 1 unspecified atom stereocenters. The second kappa shape index (κ2) is 11.8. The number of carbonyl (C=O) groups excluding carboxylic acids is 1. The second-order valence-electron chi connectivity index (χ2n) is 8.25. The molecule has 0 spiro atoms. The van der Waals surface area contributed by atoms with Crippen LogP contribution < -0.4 is 14.9 Å². The fourth-order valence-corrected chi connectivity index (χ4v) is 4.81. The van der Waals surface area contributed by atoms with Gasteiger partial charge in [-0.1, -0.05) is 54.6 Å². The molecule has 3 aromatic rings. The average molecular weight is 484 g/mol. The smallest absolute Gasteiger partial charge is 0.244 e. The van der Waals surface area contributed by atoms with Crippen LogP contribution in [-0.2, 0) is 27.7 Å². The van der Waals surface area contributed by atoms with Gasteiger partial charge in [0.2, 0.25) is 15.9 Å². The van der Waals surface area contributed by atoms with E-state index in [4.69, 9.17) is 0 Å². The molecule has 2 N–H and O–H groups in total. The number of hydrogen-bond donors (Lipinski definition) is 2. The van der Waals surface area contributed by atoms with Crippen LogP contribution in [0.5, 0.6) is 0 Å². The molecule has 0 aliphatic carbocycles. The van der Waals surface area contributed by atoms with Gasteiger partial charge in [-0.15, -0.1) is 0 Å². The number of halogens is 1. The zero-order chi connectivity index (χ0) is 24.6. The summed E-state index contributed by atoms with van der Waals surface area (Å²) in [7, 11) is -0.264. The Kier molecular flexibility index (Phi) is 8.79. The maximum Gasteiger partial charge on any atom is 0.244 e. The van der Waals surface area contributed by atoms with Gasteiger partial charge in [0.25, 0.3) is 0 Å². The number of nitrogens with zero attached hydrogens (tertiary/aromatic N) is 1. The number of sulfonamides is 1. The predicted molar refractivity (Wildman–Crippen MR) is 133 cm³/mol. The fourth-order valence-electron chi connectivity index (χ4n) is 3.54. The first-order valence-electron chi connectivity index (χ1n) is 11.1. The lowest BCUT2D eigenvalue weighted by atomic mass is 10.1. The van der Waals surface area contributed by atoms with Gasteiger partial charge in [0, 0.05) is 26.3 Å². The van der Waals surface area contributed by atoms with Crippen molar-refractivity contribution in [3.63, 3.8) is 0 Å². The van der Waals surface area contributed by atoms with Crippen molar-refractivity contribution < 1.29 is 17.6 Å². The highest BCUT2D eigenvalue weighted by atomic mass is 32.2. The minimum Gasteiger partial charge on any atom is -0.378 e. The molecule has 180 valence electrons. The monoisotopic (exact) mass is 483 g/mol. The van der Waals surface area contributed by atoms with Crippen LogP contribution in [0.2, 0.25) is 0 Å². The zero-order valence-corrected chi connectivity index (χ0v) is 20.2. The molecule has 1 atom stereocenters. The van der Waals surface area contributed by atoms with Crippen LogP contribution in [0.4, 0.5) is 10.1 Å². The summed E-state index contributed by atoms with van der Waals surface area (Å²) in [6.07, 6.45) is 1.62. The summed E-state index contributed by atoms with van der Waals surface area (Å²) in [5.41, 5.74) is 3.06. The Bertz CT molecular complexity index is 1180. The maximum absolute atomic E-state index is 14.1. The second-order valence-corrected chi connectivity index (χ2v) is 9.93. The summed E-state index contributed by atoms with van der Waals surface area (Å²) in [6, 6.07) is 21.3. The Labute approximate surface area is 200 Å². The first-order chi connectivity index (χ1) is 16.3. The van der Waals surface area contributed by atoms with E-state index in [0.29, 0.717) is 13.0 Å². The van der Waals surface area contributed by atoms with Crippen molar-refractivity contribution in [3.8, 4) is 0 Å². The quantitative estimate of drug-likeness (QED) is 0.409. The summed E-state index contributed by atoms with van der Waals surface area (Å²) in [4.78, 5) is 14.5. The van der Waals surface area contributed by atoms with Crippen LogP contribution in [0, 0.1) is 5.82 Å². The van der Waals surface area contributed by atoms with Gasteiger partial charge < -0.3 is 10.2 Å². The van der Waals surface area contributed by atoms with Crippen molar-refractivity contribution in [2.75, 3.05) is 25.5 Å². The molecule has 0 saturated carbocycles. The topological polar surface area (TPSA) is 78.5 Å². The number of carbonyl (C=O) groups is 1. The molecule has 3 rings (SSSR count). The van der Waals surface area contributed by atoms with Gasteiger partial charge in [-0.3, -0.25) is 4.79 Å².